The Labute approximate surface area is 134 Å². The summed E-state index contributed by atoms with van der Waals surface area (Å²) in [6, 6.07) is 5.08. The van der Waals surface area contributed by atoms with E-state index in [1.807, 2.05) is 13.0 Å². The number of aromatic nitrogens is 2. The van der Waals surface area contributed by atoms with Crippen molar-refractivity contribution in [1.29, 1.82) is 0 Å². The van der Waals surface area contributed by atoms with E-state index in [2.05, 4.69) is 0 Å². The number of phenols is 1. The van der Waals surface area contributed by atoms with Gasteiger partial charge in [0.25, 0.3) is 0 Å². The first-order valence-electron chi connectivity index (χ1n) is 7.08. The van der Waals surface area contributed by atoms with Crippen molar-refractivity contribution >= 4 is 12.2 Å². The second kappa shape index (κ2) is 6.56. The summed E-state index contributed by atoms with van der Waals surface area (Å²) in [4.78, 5) is 12.1. The molecule has 0 saturated carbocycles. The van der Waals surface area contributed by atoms with Gasteiger partial charge in [-0.1, -0.05) is 0 Å². The molecule has 0 bridgehead atoms. The van der Waals surface area contributed by atoms with Crippen molar-refractivity contribution in [1.82, 2.24) is 4.57 Å². The first-order chi connectivity index (χ1) is 10.9. The van der Waals surface area contributed by atoms with Gasteiger partial charge < -0.3 is 14.6 Å². The molecule has 0 atom stereocenters. The average molecular weight is 317 g/mol. The largest absolute Gasteiger partial charge is 0.504 e. The Balaban J connectivity index is 2.49. The number of aryl methyl sites for hydroxylation is 1. The summed E-state index contributed by atoms with van der Waals surface area (Å²) >= 11 is 0. The van der Waals surface area contributed by atoms with Gasteiger partial charge in [-0.15, -0.1) is 0 Å². The molecule has 6 heteroatoms. The van der Waals surface area contributed by atoms with Crippen LogP contribution in [0.2, 0.25) is 0 Å². The molecule has 0 aliphatic rings. The quantitative estimate of drug-likeness (QED) is 0.866. The van der Waals surface area contributed by atoms with Gasteiger partial charge >= 0.3 is 5.69 Å². The van der Waals surface area contributed by atoms with Gasteiger partial charge in [0.05, 0.1) is 28.3 Å². The number of benzene rings is 1. The van der Waals surface area contributed by atoms with E-state index in [9.17, 15) is 9.90 Å². The van der Waals surface area contributed by atoms with Gasteiger partial charge in [0.1, 0.15) is 17.1 Å². The summed E-state index contributed by atoms with van der Waals surface area (Å²) in [5.41, 5.74) is 2.19. The molecule has 0 radical (unpaired) electrons. The standard InChI is InChI=1S/C17H20N2O4/c1-11-8-13(19(3)17(21)18(11)2)7-6-12-9-14(20)16(23-5)10-15(12)22-4/h6-10H,1-5H3/p+1. The van der Waals surface area contributed by atoms with Crippen LogP contribution >= 0.6 is 0 Å². The molecule has 0 saturated heterocycles. The van der Waals surface area contributed by atoms with Crippen molar-refractivity contribution in [2.45, 2.75) is 6.92 Å². The lowest BCUT2D eigenvalue weighted by molar-refractivity contribution is -0.692. The maximum Gasteiger partial charge on any atom is 0.498 e. The van der Waals surface area contributed by atoms with Gasteiger partial charge in [-0.05, 0) is 25.1 Å². The highest BCUT2D eigenvalue weighted by Crippen LogP contribution is 2.34. The van der Waals surface area contributed by atoms with Crippen LogP contribution in [0.1, 0.15) is 17.0 Å². The van der Waals surface area contributed by atoms with Crippen LogP contribution < -0.4 is 19.7 Å². The van der Waals surface area contributed by atoms with E-state index in [0.29, 0.717) is 17.1 Å². The normalized spacial score (nSPS) is 11.0. The van der Waals surface area contributed by atoms with Crippen LogP contribution in [-0.4, -0.2) is 23.9 Å². The molecule has 2 rings (SSSR count). The SMILES string of the molecule is COc1cc(OC)c(C=Cc2cc(C)n(C)c(=O)[n+]2C)cc1O. The molecule has 23 heavy (non-hydrogen) atoms. The molecule has 2 aromatic rings. The van der Waals surface area contributed by atoms with Crippen molar-refractivity contribution in [3.63, 3.8) is 0 Å². The van der Waals surface area contributed by atoms with Gasteiger partial charge in [-0.3, -0.25) is 0 Å². The first kappa shape index (κ1) is 16.6. The van der Waals surface area contributed by atoms with E-state index in [0.717, 1.165) is 11.4 Å². The molecule has 0 aliphatic heterocycles. The van der Waals surface area contributed by atoms with Crippen molar-refractivity contribution in [2.75, 3.05) is 14.2 Å². The highest BCUT2D eigenvalue weighted by atomic mass is 16.5. The molecule has 0 aliphatic carbocycles. The van der Waals surface area contributed by atoms with Gasteiger partial charge in [-0.2, -0.15) is 13.9 Å². The molecule has 122 valence electrons. The minimum atomic E-state index is -0.103. The molecule has 0 spiro atoms. The number of hydrogen-bond donors (Lipinski definition) is 1. The minimum absolute atomic E-state index is 0.0254. The number of hydrogen-bond acceptors (Lipinski definition) is 4. The molecule has 0 amide bonds. The number of phenolic OH excluding ortho intramolecular Hbond substituents is 1. The second-order valence-electron chi connectivity index (χ2n) is 5.21. The van der Waals surface area contributed by atoms with Gasteiger partial charge in [0.15, 0.2) is 11.5 Å². The van der Waals surface area contributed by atoms with E-state index in [4.69, 9.17) is 9.47 Å². The topological polar surface area (TPSA) is 64.6 Å². The second-order valence-corrected chi connectivity index (χ2v) is 5.21. The number of rotatable bonds is 4. The molecule has 0 unspecified atom stereocenters. The van der Waals surface area contributed by atoms with Gasteiger partial charge in [0.2, 0.25) is 0 Å². The fourth-order valence-electron chi connectivity index (χ4n) is 2.27. The van der Waals surface area contributed by atoms with Crippen molar-refractivity contribution in [3.8, 4) is 17.2 Å². The zero-order chi connectivity index (χ0) is 17.1. The number of nitrogens with zero attached hydrogens (tertiary/aromatic N) is 2. The molecule has 1 heterocycles. The summed E-state index contributed by atoms with van der Waals surface area (Å²) in [5.74, 6) is 0.936. The van der Waals surface area contributed by atoms with E-state index in [1.165, 1.54) is 7.11 Å². The Bertz CT molecular complexity index is 822. The Morgan fingerprint density at radius 2 is 1.78 bits per heavy atom. The minimum Gasteiger partial charge on any atom is -0.504 e. The zero-order valence-electron chi connectivity index (χ0n) is 14.0. The van der Waals surface area contributed by atoms with E-state index < -0.39 is 0 Å². The molecular formula is C17H21N2O4+. The van der Waals surface area contributed by atoms with Crippen molar-refractivity contribution in [3.05, 3.63) is 45.6 Å². The smallest absolute Gasteiger partial charge is 0.498 e. The number of ether oxygens (including phenoxy) is 2. The number of methoxy groups -OCH3 is 2. The van der Waals surface area contributed by atoms with Crippen molar-refractivity contribution < 1.29 is 19.1 Å². The van der Waals surface area contributed by atoms with Crippen LogP contribution in [0.4, 0.5) is 0 Å². The highest BCUT2D eigenvalue weighted by Gasteiger charge is 2.12. The Morgan fingerprint density at radius 3 is 2.39 bits per heavy atom. The van der Waals surface area contributed by atoms with Gasteiger partial charge in [-0.25, -0.2) is 0 Å². The molecular weight excluding hydrogens is 296 g/mol. The average Bonchev–Trinajstić information content (AvgIpc) is 2.55. The lowest BCUT2D eigenvalue weighted by Gasteiger charge is -2.09. The molecule has 1 aromatic heterocycles. The molecule has 0 fully saturated rings. The summed E-state index contributed by atoms with van der Waals surface area (Å²) in [6.45, 7) is 1.87. The highest BCUT2D eigenvalue weighted by molar-refractivity contribution is 5.72. The van der Waals surface area contributed by atoms with E-state index in [-0.39, 0.29) is 11.4 Å². The Morgan fingerprint density at radius 1 is 1.13 bits per heavy atom. The van der Waals surface area contributed by atoms with Crippen LogP contribution in [0, 0.1) is 6.92 Å². The third-order valence-electron chi connectivity index (χ3n) is 3.81. The predicted octanol–water partition coefficient (Wildman–Crippen LogP) is 1.41. The zero-order valence-corrected chi connectivity index (χ0v) is 14.0. The molecule has 1 aromatic carbocycles. The van der Waals surface area contributed by atoms with Gasteiger partial charge in [0, 0.05) is 17.7 Å². The summed E-state index contributed by atoms with van der Waals surface area (Å²) in [7, 11) is 6.47. The maximum absolute atomic E-state index is 12.1. The van der Waals surface area contributed by atoms with E-state index in [1.54, 1.807) is 54.6 Å². The van der Waals surface area contributed by atoms with Crippen LogP contribution in [0.25, 0.3) is 12.2 Å². The van der Waals surface area contributed by atoms with Crippen LogP contribution in [-0.2, 0) is 14.1 Å². The van der Waals surface area contributed by atoms with Crippen LogP contribution in [0.15, 0.2) is 23.0 Å². The fourth-order valence-corrected chi connectivity index (χ4v) is 2.27. The fraction of sp³-hybridized carbons (Fsp3) is 0.294. The van der Waals surface area contributed by atoms with E-state index >= 15 is 0 Å². The Hall–Kier alpha value is -2.76. The Kier molecular flexibility index (Phi) is 4.74. The number of aromatic hydroxyl groups is 1. The third-order valence-corrected chi connectivity index (χ3v) is 3.81. The van der Waals surface area contributed by atoms with Crippen LogP contribution in [0.3, 0.4) is 0 Å². The molecule has 6 nitrogen and oxygen atoms in total. The lowest BCUT2D eigenvalue weighted by atomic mass is 10.1. The summed E-state index contributed by atoms with van der Waals surface area (Å²) in [5, 5.41) is 9.91. The summed E-state index contributed by atoms with van der Waals surface area (Å²) in [6.07, 6.45) is 3.59. The summed E-state index contributed by atoms with van der Waals surface area (Å²) < 4.78 is 13.5. The predicted molar refractivity (Wildman–Crippen MR) is 87.7 cm³/mol. The van der Waals surface area contributed by atoms with Crippen LogP contribution in [0.5, 0.6) is 17.2 Å². The lowest BCUT2D eigenvalue weighted by Crippen LogP contribution is -2.53. The molecule has 1 N–H and O–H groups in total. The van der Waals surface area contributed by atoms with Crippen molar-refractivity contribution in [2.24, 2.45) is 14.1 Å². The maximum atomic E-state index is 12.1. The first-order valence-corrected chi connectivity index (χ1v) is 7.08. The third kappa shape index (κ3) is 3.21. The monoisotopic (exact) mass is 317 g/mol.